The highest BCUT2D eigenvalue weighted by Gasteiger charge is 2.55. The molecule has 208 valence electrons. The zero-order chi connectivity index (χ0) is 27.9. The van der Waals surface area contributed by atoms with Crippen molar-refractivity contribution in [2.45, 2.75) is 84.3 Å². The van der Waals surface area contributed by atoms with Gasteiger partial charge in [-0.2, -0.15) is 0 Å². The quantitative estimate of drug-likeness (QED) is 0.391. The van der Waals surface area contributed by atoms with Gasteiger partial charge in [0.2, 0.25) is 0 Å². The largest absolute Gasteiger partial charge is 0.352 e. The Morgan fingerprint density at radius 3 is 2.36 bits per heavy atom. The smallest absolute Gasteiger partial charge is 0.275 e. The molecule has 2 saturated carbocycles. The van der Waals surface area contributed by atoms with Crippen LogP contribution in [0.1, 0.15) is 100 Å². The maximum absolute atomic E-state index is 14.3. The van der Waals surface area contributed by atoms with E-state index in [1.54, 1.807) is 6.07 Å². The van der Waals surface area contributed by atoms with Crippen molar-refractivity contribution in [3.8, 4) is 0 Å². The summed E-state index contributed by atoms with van der Waals surface area (Å²) in [4.78, 5) is 34.0. The van der Waals surface area contributed by atoms with Crippen molar-refractivity contribution in [1.82, 2.24) is 10.2 Å². The summed E-state index contributed by atoms with van der Waals surface area (Å²) in [5.74, 6) is 0.188. The standard InChI is InChI=1S/C32H39ClFN3O2/c1-5-18-35-29(38)22-10-8-21(9-11-22)28(20-6-7-20)37-30(39)27(23-12-13-26(34)25(33)19-23)36-32(37)16-14-24(15-17-32)31(2,3)4/h8-13,19-20,24,28H,5-7,14-18H2,1-4H3,(H,35,38). The summed E-state index contributed by atoms with van der Waals surface area (Å²) in [6.07, 6.45) is 6.53. The maximum atomic E-state index is 14.3. The Morgan fingerprint density at radius 1 is 1.13 bits per heavy atom. The Bertz CT molecular complexity index is 1270. The van der Waals surface area contributed by atoms with Crippen LogP contribution < -0.4 is 5.32 Å². The predicted molar refractivity (Wildman–Crippen MR) is 153 cm³/mol. The van der Waals surface area contributed by atoms with E-state index in [9.17, 15) is 14.0 Å². The van der Waals surface area contributed by atoms with Gasteiger partial charge in [0.05, 0.1) is 11.1 Å². The fourth-order valence-electron chi connectivity index (χ4n) is 6.34. The van der Waals surface area contributed by atoms with Crippen molar-refractivity contribution >= 4 is 29.1 Å². The summed E-state index contributed by atoms with van der Waals surface area (Å²) < 4.78 is 14.0. The first-order valence-corrected chi connectivity index (χ1v) is 14.7. The molecule has 1 unspecified atom stereocenters. The lowest BCUT2D eigenvalue weighted by Crippen LogP contribution is -2.52. The first kappa shape index (κ1) is 27.8. The lowest BCUT2D eigenvalue weighted by atomic mass is 9.69. The molecular weight excluding hydrogens is 513 g/mol. The van der Waals surface area contributed by atoms with Gasteiger partial charge in [-0.15, -0.1) is 0 Å². The van der Waals surface area contributed by atoms with Gasteiger partial charge in [0.25, 0.3) is 11.8 Å². The van der Waals surface area contributed by atoms with Gasteiger partial charge in [-0.1, -0.05) is 51.4 Å². The number of amides is 2. The third-order valence-corrected chi connectivity index (χ3v) is 9.08. The van der Waals surface area contributed by atoms with E-state index in [0.29, 0.717) is 35.2 Å². The number of aliphatic imine (C=N–C) groups is 1. The Hall–Kier alpha value is -2.73. The first-order chi connectivity index (χ1) is 18.5. The van der Waals surface area contributed by atoms with Crippen molar-refractivity contribution in [2.75, 3.05) is 6.54 Å². The summed E-state index contributed by atoms with van der Waals surface area (Å²) in [5.41, 5.74) is 2.13. The van der Waals surface area contributed by atoms with E-state index in [2.05, 4.69) is 26.1 Å². The Labute approximate surface area is 236 Å². The second-order valence-electron chi connectivity index (χ2n) is 12.5. The lowest BCUT2D eigenvalue weighted by molar-refractivity contribution is -0.134. The Kier molecular flexibility index (Phi) is 7.62. The van der Waals surface area contributed by atoms with Gasteiger partial charge < -0.3 is 10.2 Å². The summed E-state index contributed by atoms with van der Waals surface area (Å²) in [5, 5.41) is 2.92. The SMILES string of the molecule is CCCNC(=O)c1ccc(C(C2CC2)N2C(=O)C(c3ccc(F)c(Cl)c3)=NC23CCC(C(C)(C)C)CC3)cc1. The molecule has 0 aromatic heterocycles. The summed E-state index contributed by atoms with van der Waals surface area (Å²) in [6.45, 7) is 9.52. The number of benzene rings is 2. The molecule has 0 radical (unpaired) electrons. The molecule has 2 amide bonds. The molecule has 39 heavy (non-hydrogen) atoms. The molecule has 2 aromatic rings. The second kappa shape index (κ2) is 10.7. The number of halogens is 2. The molecule has 3 aliphatic rings. The lowest BCUT2D eigenvalue weighted by Gasteiger charge is -2.47. The fourth-order valence-corrected chi connectivity index (χ4v) is 6.53. The highest BCUT2D eigenvalue weighted by molar-refractivity contribution is 6.47. The third-order valence-electron chi connectivity index (χ3n) is 8.79. The van der Waals surface area contributed by atoms with Crippen molar-refractivity contribution in [3.05, 3.63) is 70.0 Å². The molecule has 1 atom stereocenters. The van der Waals surface area contributed by atoms with Crippen LogP contribution in [-0.2, 0) is 4.79 Å². The van der Waals surface area contributed by atoms with Crippen molar-refractivity contribution in [3.63, 3.8) is 0 Å². The molecule has 1 spiro atoms. The number of carbonyl (C=O) groups is 2. The van der Waals surface area contributed by atoms with Gasteiger partial charge in [-0.25, -0.2) is 4.39 Å². The van der Waals surface area contributed by atoms with Gasteiger partial charge in [0.15, 0.2) is 0 Å². The average Bonchev–Trinajstić information content (AvgIpc) is 3.71. The van der Waals surface area contributed by atoms with Gasteiger partial charge in [-0.3, -0.25) is 14.6 Å². The van der Waals surface area contributed by atoms with Crippen LogP contribution in [-0.4, -0.2) is 34.6 Å². The average molecular weight is 552 g/mol. The van der Waals surface area contributed by atoms with Gasteiger partial charge in [0, 0.05) is 17.7 Å². The minimum atomic E-state index is -0.639. The second-order valence-corrected chi connectivity index (χ2v) is 13.0. The van der Waals surface area contributed by atoms with Crippen LogP contribution in [0.4, 0.5) is 4.39 Å². The summed E-state index contributed by atoms with van der Waals surface area (Å²) >= 11 is 6.13. The van der Waals surface area contributed by atoms with E-state index in [-0.39, 0.29) is 28.3 Å². The van der Waals surface area contributed by atoms with E-state index in [1.807, 2.05) is 36.1 Å². The van der Waals surface area contributed by atoms with Gasteiger partial charge in [0.1, 0.15) is 17.2 Å². The summed E-state index contributed by atoms with van der Waals surface area (Å²) in [7, 11) is 0. The molecule has 0 saturated heterocycles. The molecule has 5 nitrogen and oxygen atoms in total. The fraction of sp³-hybridized carbons (Fsp3) is 0.531. The number of hydrogen-bond donors (Lipinski definition) is 1. The Balaban J connectivity index is 1.52. The van der Waals surface area contributed by atoms with E-state index in [0.717, 1.165) is 50.5 Å². The Morgan fingerprint density at radius 2 is 1.79 bits per heavy atom. The maximum Gasteiger partial charge on any atom is 0.275 e. The topological polar surface area (TPSA) is 61.8 Å². The van der Waals surface area contributed by atoms with Crippen LogP contribution in [0.15, 0.2) is 47.5 Å². The van der Waals surface area contributed by atoms with E-state index >= 15 is 0 Å². The third kappa shape index (κ3) is 5.50. The normalized spacial score (nSPS) is 24.2. The summed E-state index contributed by atoms with van der Waals surface area (Å²) in [6, 6.07) is 12.0. The van der Waals surface area contributed by atoms with Crippen LogP contribution >= 0.6 is 11.6 Å². The van der Waals surface area contributed by atoms with Crippen LogP contribution in [0.25, 0.3) is 0 Å². The molecule has 7 heteroatoms. The molecule has 1 aliphatic heterocycles. The van der Waals surface area contributed by atoms with Crippen molar-refractivity contribution < 1.29 is 14.0 Å². The van der Waals surface area contributed by atoms with E-state index < -0.39 is 11.5 Å². The van der Waals surface area contributed by atoms with Crippen LogP contribution in [0.2, 0.25) is 5.02 Å². The molecule has 1 heterocycles. The highest BCUT2D eigenvalue weighted by Crippen LogP contribution is 2.54. The molecule has 2 aromatic carbocycles. The zero-order valence-corrected chi connectivity index (χ0v) is 24.2. The number of carbonyl (C=O) groups excluding carboxylic acids is 2. The number of rotatable bonds is 7. The molecule has 2 aliphatic carbocycles. The molecule has 2 fully saturated rings. The number of nitrogens with one attached hydrogen (secondary N) is 1. The van der Waals surface area contributed by atoms with Crippen molar-refractivity contribution in [2.24, 2.45) is 22.2 Å². The number of nitrogens with zero attached hydrogens (tertiary/aromatic N) is 2. The van der Waals surface area contributed by atoms with Crippen molar-refractivity contribution in [1.29, 1.82) is 0 Å². The van der Waals surface area contributed by atoms with Gasteiger partial charge >= 0.3 is 0 Å². The molecular formula is C32H39ClFN3O2. The van der Waals surface area contributed by atoms with Crippen LogP contribution in [0, 0.1) is 23.1 Å². The minimum Gasteiger partial charge on any atom is -0.352 e. The highest BCUT2D eigenvalue weighted by atomic mass is 35.5. The molecule has 0 bridgehead atoms. The van der Waals surface area contributed by atoms with Gasteiger partial charge in [-0.05, 0) is 98.1 Å². The van der Waals surface area contributed by atoms with E-state index in [1.165, 1.54) is 12.1 Å². The van der Waals surface area contributed by atoms with Crippen LogP contribution in [0.5, 0.6) is 0 Å². The zero-order valence-electron chi connectivity index (χ0n) is 23.4. The minimum absolute atomic E-state index is 0.0115. The predicted octanol–water partition coefficient (Wildman–Crippen LogP) is 7.33. The molecule has 1 N–H and O–H groups in total. The first-order valence-electron chi connectivity index (χ1n) is 14.3. The van der Waals surface area contributed by atoms with E-state index in [4.69, 9.17) is 16.6 Å². The molecule has 5 rings (SSSR count). The van der Waals surface area contributed by atoms with Crippen LogP contribution in [0.3, 0.4) is 0 Å². The number of hydrogen-bond acceptors (Lipinski definition) is 3. The monoisotopic (exact) mass is 551 g/mol.